The molecule has 9 heteroatoms. The first kappa shape index (κ1) is 34.1. The van der Waals surface area contributed by atoms with E-state index in [0.717, 1.165) is 77.7 Å². The molecule has 0 fully saturated rings. The molecule has 0 radical (unpaired) electrons. The van der Waals surface area contributed by atoms with Gasteiger partial charge in [-0.05, 0) is 94.7 Å². The lowest BCUT2D eigenvalue weighted by Gasteiger charge is -2.24. The Bertz CT molecular complexity index is 1500. The Morgan fingerprint density at radius 1 is 0.933 bits per heavy atom. The van der Waals surface area contributed by atoms with E-state index in [4.69, 9.17) is 30.8 Å². The summed E-state index contributed by atoms with van der Waals surface area (Å²) in [6.45, 7) is 10.6. The number of amides is 1. The number of carbonyl (C=O) groups is 1. The van der Waals surface area contributed by atoms with Crippen molar-refractivity contribution in [2.24, 2.45) is 0 Å². The molecule has 1 heterocycles. The topological polar surface area (TPSA) is 86.6 Å². The molecular formula is C36H47ClN4O4. The van der Waals surface area contributed by atoms with Crippen LogP contribution in [0.3, 0.4) is 0 Å². The molecule has 242 valence electrons. The van der Waals surface area contributed by atoms with Crippen molar-refractivity contribution in [3.05, 3.63) is 88.7 Å². The van der Waals surface area contributed by atoms with Crippen LogP contribution in [-0.4, -0.2) is 48.1 Å². The fraction of sp³-hybridized carbons (Fsp3) is 0.444. The second-order valence-electron chi connectivity index (χ2n) is 12.2. The molecule has 0 saturated heterocycles. The molecule has 0 unspecified atom stereocenters. The van der Waals surface area contributed by atoms with Crippen molar-refractivity contribution < 1.29 is 19.0 Å². The van der Waals surface area contributed by atoms with Crippen LogP contribution in [0.15, 0.2) is 66.7 Å². The van der Waals surface area contributed by atoms with E-state index in [1.54, 1.807) is 0 Å². The summed E-state index contributed by atoms with van der Waals surface area (Å²) in [6, 6.07) is 21.4. The van der Waals surface area contributed by atoms with Crippen molar-refractivity contribution in [1.29, 1.82) is 0 Å². The summed E-state index contributed by atoms with van der Waals surface area (Å²) in [5, 5.41) is 7.00. The summed E-state index contributed by atoms with van der Waals surface area (Å²) in [4.78, 5) is 18.1. The number of unbranched alkanes of at least 4 members (excludes halogenated alkanes) is 1. The number of halogens is 1. The maximum absolute atomic E-state index is 13.1. The number of aryl methyl sites for hydroxylation is 1. The number of carbonyl (C=O) groups excluding carboxylic acids is 1. The molecule has 8 nitrogen and oxygen atoms in total. The monoisotopic (exact) mass is 634 g/mol. The zero-order valence-corrected chi connectivity index (χ0v) is 28.0. The number of ether oxygens (including phenoxy) is 3. The highest BCUT2D eigenvalue weighted by molar-refractivity contribution is 6.30. The van der Waals surface area contributed by atoms with Crippen molar-refractivity contribution in [3.63, 3.8) is 0 Å². The Balaban J connectivity index is 1.56. The Labute approximate surface area is 272 Å². The van der Waals surface area contributed by atoms with E-state index in [-0.39, 0.29) is 0 Å². The van der Waals surface area contributed by atoms with Crippen LogP contribution in [0.1, 0.15) is 70.0 Å². The van der Waals surface area contributed by atoms with Crippen molar-refractivity contribution in [1.82, 2.24) is 20.2 Å². The molecule has 0 saturated carbocycles. The van der Waals surface area contributed by atoms with Gasteiger partial charge in [-0.15, -0.1) is 0 Å². The summed E-state index contributed by atoms with van der Waals surface area (Å²) in [5.74, 6) is 2.40. The molecule has 0 bridgehead atoms. The Kier molecular flexibility index (Phi) is 12.5. The fourth-order valence-corrected chi connectivity index (χ4v) is 5.15. The highest BCUT2D eigenvalue weighted by Crippen LogP contribution is 2.28. The van der Waals surface area contributed by atoms with Gasteiger partial charge in [0.1, 0.15) is 22.9 Å². The van der Waals surface area contributed by atoms with Gasteiger partial charge >= 0.3 is 6.09 Å². The smallest absolute Gasteiger partial charge is 0.408 e. The minimum Gasteiger partial charge on any atom is -0.493 e. The Morgan fingerprint density at radius 3 is 2.31 bits per heavy atom. The van der Waals surface area contributed by atoms with Crippen LogP contribution in [-0.2, 0) is 24.1 Å². The van der Waals surface area contributed by atoms with Crippen LogP contribution in [0.2, 0.25) is 5.02 Å². The third-order valence-electron chi connectivity index (χ3n) is 7.26. The van der Waals surface area contributed by atoms with Gasteiger partial charge in [0.2, 0.25) is 0 Å². The van der Waals surface area contributed by atoms with Crippen LogP contribution in [0.25, 0.3) is 11.0 Å². The average Bonchev–Trinajstić information content (AvgIpc) is 3.36. The van der Waals surface area contributed by atoms with Crippen molar-refractivity contribution in [2.75, 3.05) is 26.8 Å². The summed E-state index contributed by atoms with van der Waals surface area (Å²) in [6.07, 6.45) is 3.78. The molecule has 0 aliphatic heterocycles. The van der Waals surface area contributed by atoms with E-state index in [1.807, 2.05) is 88.5 Å². The van der Waals surface area contributed by atoms with Gasteiger partial charge < -0.3 is 29.4 Å². The number of nitrogens with one attached hydrogen (secondary N) is 2. The standard InChI is InChI=1S/C36H47ClN4O4/c1-6-7-21-41-33-25-30(43-22-8-20-38-5)17-18-31(33)39-34(41)32(40-35(42)45-36(2,3)4)24-27-11-15-29(16-12-27)44-23-19-26-9-13-28(37)14-10-26/h9-18,25,32,38H,6-8,19-24H2,1-5H3,(H,40,42)/t32-/m1/s1. The van der Waals surface area contributed by atoms with Gasteiger partial charge in [-0.3, -0.25) is 0 Å². The molecule has 0 aliphatic rings. The van der Waals surface area contributed by atoms with Gasteiger partial charge in [0, 0.05) is 30.5 Å². The first-order valence-corrected chi connectivity index (χ1v) is 16.3. The normalized spacial score (nSPS) is 12.2. The number of alkyl carbamates (subject to hydrolysis) is 1. The molecule has 45 heavy (non-hydrogen) atoms. The first-order chi connectivity index (χ1) is 21.6. The van der Waals surface area contributed by atoms with E-state index >= 15 is 0 Å². The SMILES string of the molecule is CCCCn1c([C@@H](Cc2ccc(OCCc3ccc(Cl)cc3)cc2)NC(=O)OC(C)(C)C)nc2ccc(OCCCNC)cc21. The zero-order chi connectivity index (χ0) is 32.2. The molecule has 2 N–H and O–H groups in total. The van der Waals surface area contributed by atoms with Gasteiger partial charge in [-0.25, -0.2) is 9.78 Å². The van der Waals surface area contributed by atoms with Gasteiger partial charge in [-0.2, -0.15) is 0 Å². The lowest BCUT2D eigenvalue weighted by Crippen LogP contribution is -2.37. The lowest BCUT2D eigenvalue weighted by atomic mass is 10.0. The molecular weight excluding hydrogens is 588 g/mol. The molecule has 4 rings (SSSR count). The lowest BCUT2D eigenvalue weighted by molar-refractivity contribution is 0.0500. The van der Waals surface area contributed by atoms with Crippen LogP contribution in [0.5, 0.6) is 11.5 Å². The van der Waals surface area contributed by atoms with Gasteiger partial charge in [0.05, 0.1) is 30.3 Å². The van der Waals surface area contributed by atoms with Gasteiger partial charge in [0.15, 0.2) is 0 Å². The van der Waals surface area contributed by atoms with Crippen LogP contribution >= 0.6 is 11.6 Å². The third kappa shape index (κ3) is 10.7. The van der Waals surface area contributed by atoms with E-state index < -0.39 is 17.7 Å². The van der Waals surface area contributed by atoms with Crippen LogP contribution in [0, 0.1) is 0 Å². The van der Waals surface area contributed by atoms with E-state index in [9.17, 15) is 4.79 Å². The second-order valence-corrected chi connectivity index (χ2v) is 12.6. The van der Waals surface area contributed by atoms with E-state index in [0.29, 0.717) is 19.6 Å². The minimum atomic E-state index is -0.623. The number of imidazole rings is 1. The highest BCUT2D eigenvalue weighted by Gasteiger charge is 2.26. The molecule has 0 aliphatic carbocycles. The van der Waals surface area contributed by atoms with Crippen LogP contribution in [0.4, 0.5) is 4.79 Å². The molecule has 1 atom stereocenters. The number of benzene rings is 3. The quantitative estimate of drug-likeness (QED) is 0.122. The molecule has 1 aromatic heterocycles. The van der Waals surface area contributed by atoms with Gasteiger partial charge in [-0.1, -0.05) is 49.2 Å². The van der Waals surface area contributed by atoms with Crippen molar-refractivity contribution in [3.8, 4) is 11.5 Å². The average molecular weight is 635 g/mol. The number of aromatic nitrogens is 2. The number of hydrogen-bond acceptors (Lipinski definition) is 6. The molecule has 0 spiro atoms. The zero-order valence-electron chi connectivity index (χ0n) is 27.2. The van der Waals surface area contributed by atoms with E-state index in [2.05, 4.69) is 28.2 Å². The maximum atomic E-state index is 13.1. The fourth-order valence-electron chi connectivity index (χ4n) is 5.02. The summed E-state index contributed by atoms with van der Waals surface area (Å²) in [5.41, 5.74) is 3.45. The maximum Gasteiger partial charge on any atom is 0.408 e. The number of rotatable bonds is 16. The summed E-state index contributed by atoms with van der Waals surface area (Å²) in [7, 11) is 1.94. The first-order valence-electron chi connectivity index (χ1n) is 15.9. The largest absolute Gasteiger partial charge is 0.493 e. The highest BCUT2D eigenvalue weighted by atomic mass is 35.5. The minimum absolute atomic E-state index is 0.416. The van der Waals surface area contributed by atoms with Crippen molar-refractivity contribution >= 4 is 28.7 Å². The molecule has 1 amide bonds. The summed E-state index contributed by atoms with van der Waals surface area (Å²) < 4.78 is 19.9. The van der Waals surface area contributed by atoms with Crippen molar-refractivity contribution in [2.45, 2.75) is 78.0 Å². The van der Waals surface area contributed by atoms with E-state index in [1.165, 1.54) is 5.56 Å². The Morgan fingerprint density at radius 2 is 1.62 bits per heavy atom. The summed E-state index contributed by atoms with van der Waals surface area (Å²) >= 11 is 6.00. The van der Waals surface area contributed by atoms with Crippen LogP contribution < -0.4 is 20.1 Å². The van der Waals surface area contributed by atoms with Gasteiger partial charge in [0.25, 0.3) is 0 Å². The third-order valence-corrected chi connectivity index (χ3v) is 7.51. The second kappa shape index (κ2) is 16.5. The molecule has 3 aromatic carbocycles. The number of hydrogen-bond donors (Lipinski definition) is 2. The predicted octanol–water partition coefficient (Wildman–Crippen LogP) is 7.91. The number of fused-ring (bicyclic) bond motifs is 1. The Hall–Kier alpha value is -3.75. The number of nitrogens with zero attached hydrogens (tertiary/aromatic N) is 2. The molecule has 4 aromatic rings. The predicted molar refractivity (Wildman–Crippen MR) is 182 cm³/mol.